The minimum atomic E-state index is -0.364. The summed E-state index contributed by atoms with van der Waals surface area (Å²) in [5.41, 5.74) is 1.84. The van der Waals surface area contributed by atoms with E-state index in [0.717, 1.165) is 0 Å². The lowest BCUT2D eigenvalue weighted by Crippen LogP contribution is -2.41. The van der Waals surface area contributed by atoms with E-state index in [1.807, 2.05) is 0 Å². The second-order valence-electron chi connectivity index (χ2n) is 4.88. The number of benzene rings is 2. The van der Waals surface area contributed by atoms with E-state index in [0.29, 0.717) is 16.9 Å². The van der Waals surface area contributed by atoms with Gasteiger partial charge in [-0.25, -0.2) is 4.39 Å². The van der Waals surface area contributed by atoms with Gasteiger partial charge in [0.2, 0.25) is 5.91 Å². The van der Waals surface area contributed by atoms with Crippen molar-refractivity contribution < 1.29 is 14.0 Å². The monoisotopic (exact) mass is 296 g/mol. The Morgan fingerprint density at radius 1 is 1.18 bits per heavy atom. The van der Waals surface area contributed by atoms with E-state index in [1.54, 1.807) is 36.4 Å². The van der Waals surface area contributed by atoms with Gasteiger partial charge in [0.15, 0.2) is 0 Å². The molecule has 3 rings (SSSR count). The Kier molecular flexibility index (Phi) is 3.70. The Morgan fingerprint density at radius 2 is 2.00 bits per heavy atom. The Bertz CT molecular complexity index is 771. The van der Waals surface area contributed by atoms with Gasteiger partial charge in [-0.3, -0.25) is 14.5 Å². The highest BCUT2D eigenvalue weighted by molar-refractivity contribution is 6.13. The molecule has 110 valence electrons. The number of nitrogens with one attached hydrogen (secondary N) is 1. The largest absolute Gasteiger partial charge is 0.323 e. The Labute approximate surface area is 126 Å². The molecule has 0 unspecified atom stereocenters. The summed E-state index contributed by atoms with van der Waals surface area (Å²) >= 11 is 0. The van der Waals surface area contributed by atoms with Crippen LogP contribution < -0.4 is 10.2 Å². The van der Waals surface area contributed by atoms with Crippen molar-refractivity contribution in [1.82, 2.24) is 0 Å². The molecular formula is C17H13FN2O2. The second kappa shape index (κ2) is 5.81. The minimum absolute atomic E-state index is 0.0384. The SMILES string of the molecule is O=C1CN(C(=O)/C=C/c2cccc(F)c2)c2ccccc2N1. The average Bonchev–Trinajstić information content (AvgIpc) is 2.52. The van der Waals surface area contributed by atoms with E-state index >= 15 is 0 Å². The van der Waals surface area contributed by atoms with Gasteiger partial charge < -0.3 is 5.32 Å². The number of carbonyl (C=O) groups is 2. The van der Waals surface area contributed by atoms with Crippen LogP contribution in [0, 0.1) is 5.82 Å². The highest BCUT2D eigenvalue weighted by Gasteiger charge is 2.24. The first-order valence-electron chi connectivity index (χ1n) is 6.77. The van der Waals surface area contributed by atoms with Crippen molar-refractivity contribution in [2.75, 3.05) is 16.8 Å². The number of hydrogen-bond acceptors (Lipinski definition) is 2. The van der Waals surface area contributed by atoms with Gasteiger partial charge in [0, 0.05) is 6.08 Å². The van der Waals surface area contributed by atoms with Crippen LogP contribution in [0.25, 0.3) is 6.08 Å². The van der Waals surface area contributed by atoms with Crippen LogP contribution in [0.15, 0.2) is 54.6 Å². The van der Waals surface area contributed by atoms with Crippen molar-refractivity contribution >= 4 is 29.3 Å². The van der Waals surface area contributed by atoms with Gasteiger partial charge in [0.05, 0.1) is 11.4 Å². The number of anilines is 2. The van der Waals surface area contributed by atoms with Crippen molar-refractivity contribution in [3.63, 3.8) is 0 Å². The molecule has 1 aliphatic rings. The Balaban J connectivity index is 1.85. The third kappa shape index (κ3) is 2.88. The van der Waals surface area contributed by atoms with E-state index in [1.165, 1.54) is 29.2 Å². The molecule has 5 heteroatoms. The summed E-state index contributed by atoms with van der Waals surface area (Å²) in [6.45, 7) is -0.0384. The molecular weight excluding hydrogens is 283 g/mol. The van der Waals surface area contributed by atoms with E-state index < -0.39 is 0 Å². The lowest BCUT2D eigenvalue weighted by molar-refractivity contribution is -0.119. The molecule has 1 aliphatic heterocycles. The maximum absolute atomic E-state index is 13.1. The second-order valence-corrected chi connectivity index (χ2v) is 4.88. The summed E-state index contributed by atoms with van der Waals surface area (Å²) in [5, 5.41) is 2.72. The molecule has 0 spiro atoms. The van der Waals surface area contributed by atoms with Gasteiger partial charge >= 0.3 is 0 Å². The predicted molar refractivity (Wildman–Crippen MR) is 82.9 cm³/mol. The molecule has 2 amide bonds. The normalized spacial score (nSPS) is 13.9. The first kappa shape index (κ1) is 14.0. The first-order valence-corrected chi connectivity index (χ1v) is 6.77. The highest BCUT2D eigenvalue weighted by Crippen LogP contribution is 2.29. The molecule has 2 aromatic rings. The standard InChI is InChI=1S/C17H13FN2O2/c18-13-5-3-4-12(10-13)8-9-17(22)20-11-16(21)19-14-6-1-2-7-15(14)20/h1-10H,11H2,(H,19,21)/b9-8+. The predicted octanol–water partition coefficient (Wildman–Crippen LogP) is 2.82. The van der Waals surface area contributed by atoms with Gasteiger partial charge in [0.1, 0.15) is 12.4 Å². The summed E-state index contributed by atoms with van der Waals surface area (Å²) < 4.78 is 13.1. The maximum Gasteiger partial charge on any atom is 0.251 e. The van der Waals surface area contributed by atoms with Crippen LogP contribution in [0.5, 0.6) is 0 Å². The number of para-hydroxylation sites is 2. The Morgan fingerprint density at radius 3 is 2.82 bits per heavy atom. The van der Waals surface area contributed by atoms with E-state index in [-0.39, 0.29) is 24.2 Å². The van der Waals surface area contributed by atoms with Gasteiger partial charge in [0.25, 0.3) is 5.91 Å². The fourth-order valence-electron chi connectivity index (χ4n) is 2.30. The molecule has 0 fully saturated rings. The summed E-state index contributed by atoms with van der Waals surface area (Å²) in [4.78, 5) is 25.4. The number of nitrogens with zero attached hydrogens (tertiary/aromatic N) is 1. The van der Waals surface area contributed by atoms with Gasteiger partial charge in [-0.1, -0.05) is 24.3 Å². The lowest BCUT2D eigenvalue weighted by Gasteiger charge is -2.28. The lowest BCUT2D eigenvalue weighted by atomic mass is 10.1. The molecule has 4 nitrogen and oxygen atoms in total. The molecule has 0 aromatic heterocycles. The van der Waals surface area contributed by atoms with Gasteiger partial charge in [-0.2, -0.15) is 0 Å². The molecule has 0 radical (unpaired) electrons. The van der Waals surface area contributed by atoms with Crippen LogP contribution >= 0.6 is 0 Å². The van der Waals surface area contributed by atoms with E-state index in [2.05, 4.69) is 5.32 Å². The summed E-state index contributed by atoms with van der Waals surface area (Å²) in [6.07, 6.45) is 2.87. The van der Waals surface area contributed by atoms with Crippen molar-refractivity contribution in [2.45, 2.75) is 0 Å². The summed E-state index contributed by atoms with van der Waals surface area (Å²) in [7, 11) is 0. The topological polar surface area (TPSA) is 49.4 Å². The molecule has 0 saturated heterocycles. The zero-order chi connectivity index (χ0) is 15.5. The number of carbonyl (C=O) groups excluding carboxylic acids is 2. The molecule has 0 saturated carbocycles. The van der Waals surface area contributed by atoms with Crippen molar-refractivity contribution in [2.24, 2.45) is 0 Å². The summed E-state index contributed by atoms with van der Waals surface area (Å²) in [5.74, 6) is -0.935. The fraction of sp³-hybridized carbons (Fsp3) is 0.0588. The van der Waals surface area contributed by atoms with Crippen LogP contribution in [0.3, 0.4) is 0 Å². The van der Waals surface area contributed by atoms with Crippen LogP contribution in [0.4, 0.5) is 15.8 Å². The average molecular weight is 296 g/mol. The Hall–Kier alpha value is -2.95. The van der Waals surface area contributed by atoms with Crippen LogP contribution in [-0.2, 0) is 9.59 Å². The summed E-state index contributed by atoms with van der Waals surface area (Å²) in [6, 6.07) is 13.0. The molecule has 22 heavy (non-hydrogen) atoms. The molecule has 1 N–H and O–H groups in total. The minimum Gasteiger partial charge on any atom is -0.323 e. The van der Waals surface area contributed by atoms with Gasteiger partial charge in [-0.05, 0) is 35.9 Å². The van der Waals surface area contributed by atoms with Crippen LogP contribution in [-0.4, -0.2) is 18.4 Å². The number of rotatable bonds is 2. The van der Waals surface area contributed by atoms with Crippen LogP contribution in [0.1, 0.15) is 5.56 Å². The third-order valence-corrected chi connectivity index (χ3v) is 3.30. The van der Waals surface area contributed by atoms with Gasteiger partial charge in [-0.15, -0.1) is 0 Å². The number of amides is 2. The third-order valence-electron chi connectivity index (χ3n) is 3.30. The van der Waals surface area contributed by atoms with Crippen molar-refractivity contribution in [3.8, 4) is 0 Å². The zero-order valence-corrected chi connectivity index (χ0v) is 11.6. The smallest absolute Gasteiger partial charge is 0.251 e. The molecule has 0 aliphatic carbocycles. The van der Waals surface area contributed by atoms with Crippen molar-refractivity contribution in [1.29, 1.82) is 0 Å². The number of fused-ring (bicyclic) bond motifs is 1. The highest BCUT2D eigenvalue weighted by atomic mass is 19.1. The number of hydrogen-bond donors (Lipinski definition) is 1. The fourth-order valence-corrected chi connectivity index (χ4v) is 2.30. The quantitative estimate of drug-likeness (QED) is 0.866. The maximum atomic E-state index is 13.1. The zero-order valence-electron chi connectivity index (χ0n) is 11.6. The van der Waals surface area contributed by atoms with E-state index in [9.17, 15) is 14.0 Å². The van der Waals surface area contributed by atoms with Crippen molar-refractivity contribution in [3.05, 3.63) is 66.0 Å². The molecule has 1 heterocycles. The van der Waals surface area contributed by atoms with E-state index in [4.69, 9.17) is 0 Å². The number of halogens is 1. The molecule has 0 bridgehead atoms. The molecule has 0 atom stereocenters. The molecule has 2 aromatic carbocycles. The first-order chi connectivity index (χ1) is 10.6. The van der Waals surface area contributed by atoms with Crippen LogP contribution in [0.2, 0.25) is 0 Å².